The minimum absolute atomic E-state index is 0.0248. The zero-order valence-corrected chi connectivity index (χ0v) is 13.7. The molecule has 1 saturated heterocycles. The molecule has 0 atom stereocenters. The summed E-state index contributed by atoms with van der Waals surface area (Å²) in [6.07, 6.45) is -3.53. The van der Waals surface area contributed by atoms with Crippen LogP contribution in [-0.2, 0) is 30.6 Å². The molecule has 124 valence electrons. The van der Waals surface area contributed by atoms with Gasteiger partial charge in [-0.05, 0) is 23.3 Å². The highest BCUT2D eigenvalue weighted by Crippen LogP contribution is 2.34. The molecule has 2 rings (SSSR count). The second-order valence-corrected chi connectivity index (χ2v) is 5.85. The molecule has 0 bridgehead atoms. The van der Waals surface area contributed by atoms with Gasteiger partial charge in [0.2, 0.25) is 0 Å². The summed E-state index contributed by atoms with van der Waals surface area (Å²) in [5.41, 5.74) is -1.20. The summed E-state index contributed by atoms with van der Waals surface area (Å²) in [5.74, 6) is -3.28. The van der Waals surface area contributed by atoms with Crippen LogP contribution < -0.4 is 0 Å². The maximum absolute atomic E-state index is 13.0. The molecule has 0 radical (unpaired) electrons. The van der Waals surface area contributed by atoms with Gasteiger partial charge in [-0.2, -0.15) is 13.2 Å². The van der Waals surface area contributed by atoms with Gasteiger partial charge in [-0.1, -0.05) is 28.1 Å². The summed E-state index contributed by atoms with van der Waals surface area (Å²) >= 11 is 2.99. The van der Waals surface area contributed by atoms with Crippen molar-refractivity contribution in [1.82, 2.24) is 0 Å². The van der Waals surface area contributed by atoms with Crippen molar-refractivity contribution >= 4 is 33.9 Å². The van der Waals surface area contributed by atoms with Crippen LogP contribution in [0, 0.1) is 0 Å². The van der Waals surface area contributed by atoms with Gasteiger partial charge < -0.3 is 9.47 Å². The van der Waals surface area contributed by atoms with Gasteiger partial charge >= 0.3 is 18.1 Å². The molecule has 1 heterocycles. The van der Waals surface area contributed by atoms with Gasteiger partial charge in [0.05, 0.1) is 5.56 Å². The lowest BCUT2D eigenvalue weighted by atomic mass is 10.0. The topological polar surface area (TPSA) is 52.6 Å². The first-order valence-corrected chi connectivity index (χ1v) is 7.60. The van der Waals surface area contributed by atoms with Gasteiger partial charge in [0, 0.05) is 19.2 Å². The van der Waals surface area contributed by atoms with E-state index in [1.807, 2.05) is 0 Å². The van der Waals surface area contributed by atoms with Gasteiger partial charge in [-0.25, -0.2) is 9.59 Å². The standard InChI is InChI=1S/C15H12BrF3O4/c1-14(2)22-12(20)10(13(21)23-14)5-8-3-4-9(7-16)11(6-8)15(17,18)19/h3-6H,7H2,1-2H3. The molecule has 1 aromatic rings. The molecule has 0 N–H and O–H groups in total. The molecule has 0 saturated carbocycles. The number of esters is 2. The lowest BCUT2D eigenvalue weighted by Crippen LogP contribution is -2.41. The molecule has 1 fully saturated rings. The van der Waals surface area contributed by atoms with Gasteiger partial charge in [-0.15, -0.1) is 0 Å². The monoisotopic (exact) mass is 392 g/mol. The molecule has 1 aliphatic rings. The molecule has 1 aromatic carbocycles. The van der Waals surface area contributed by atoms with Crippen molar-refractivity contribution in [3.63, 3.8) is 0 Å². The van der Waals surface area contributed by atoms with E-state index < -0.39 is 35.0 Å². The number of cyclic esters (lactones) is 2. The summed E-state index contributed by atoms with van der Waals surface area (Å²) < 4.78 is 48.9. The first-order chi connectivity index (χ1) is 10.5. The van der Waals surface area contributed by atoms with Crippen molar-refractivity contribution in [2.24, 2.45) is 0 Å². The predicted molar refractivity (Wildman–Crippen MR) is 78.3 cm³/mol. The summed E-state index contributed by atoms with van der Waals surface area (Å²) in [5, 5.41) is 0.0248. The smallest absolute Gasteiger partial charge is 0.416 e. The Morgan fingerprint density at radius 3 is 2.22 bits per heavy atom. The number of carbonyl (C=O) groups excluding carboxylic acids is 2. The van der Waals surface area contributed by atoms with Crippen molar-refractivity contribution in [1.29, 1.82) is 0 Å². The van der Waals surface area contributed by atoms with E-state index in [1.165, 1.54) is 26.0 Å². The highest BCUT2D eigenvalue weighted by Gasteiger charge is 2.39. The molecule has 0 aliphatic carbocycles. The molecule has 0 unspecified atom stereocenters. The lowest BCUT2D eigenvalue weighted by Gasteiger charge is -2.29. The molecule has 23 heavy (non-hydrogen) atoms. The fraction of sp³-hybridized carbons (Fsp3) is 0.333. The van der Waals surface area contributed by atoms with Crippen LogP contribution in [0.15, 0.2) is 23.8 Å². The fourth-order valence-corrected chi connectivity index (χ4v) is 2.50. The molecule has 1 aliphatic heterocycles. The SMILES string of the molecule is CC1(C)OC(=O)C(=Cc2ccc(CBr)c(C(F)(F)F)c2)C(=O)O1. The number of alkyl halides is 4. The minimum atomic E-state index is -4.55. The molecular weight excluding hydrogens is 381 g/mol. The molecule has 0 amide bonds. The van der Waals surface area contributed by atoms with Crippen LogP contribution in [0.1, 0.15) is 30.5 Å². The van der Waals surface area contributed by atoms with Crippen molar-refractivity contribution in [2.75, 3.05) is 0 Å². The van der Waals surface area contributed by atoms with E-state index in [9.17, 15) is 22.8 Å². The average Bonchev–Trinajstić information content (AvgIpc) is 2.40. The van der Waals surface area contributed by atoms with Crippen LogP contribution in [0.25, 0.3) is 6.08 Å². The van der Waals surface area contributed by atoms with Crippen LogP contribution in [0.3, 0.4) is 0 Å². The summed E-state index contributed by atoms with van der Waals surface area (Å²) in [7, 11) is 0. The third kappa shape index (κ3) is 3.93. The number of hydrogen-bond donors (Lipinski definition) is 0. The summed E-state index contributed by atoms with van der Waals surface area (Å²) in [6, 6.07) is 3.51. The molecule has 4 nitrogen and oxygen atoms in total. The Bertz CT molecular complexity index is 670. The summed E-state index contributed by atoms with van der Waals surface area (Å²) in [4.78, 5) is 23.6. The molecule has 0 spiro atoms. The summed E-state index contributed by atoms with van der Waals surface area (Å²) in [6.45, 7) is 2.76. The zero-order valence-electron chi connectivity index (χ0n) is 12.2. The molecule has 0 aromatic heterocycles. The van der Waals surface area contributed by atoms with Crippen LogP contribution >= 0.6 is 15.9 Å². The molecule has 8 heteroatoms. The van der Waals surface area contributed by atoms with Crippen LogP contribution in [0.4, 0.5) is 13.2 Å². The largest absolute Gasteiger partial charge is 0.419 e. The first kappa shape index (κ1) is 17.5. The zero-order chi connectivity index (χ0) is 17.4. The fourth-order valence-electron chi connectivity index (χ4n) is 2.01. The number of hydrogen-bond acceptors (Lipinski definition) is 4. The Morgan fingerprint density at radius 2 is 1.74 bits per heavy atom. The minimum Gasteiger partial charge on any atom is -0.419 e. The van der Waals surface area contributed by atoms with E-state index in [0.717, 1.165) is 12.1 Å². The van der Waals surface area contributed by atoms with Gasteiger partial charge in [0.1, 0.15) is 5.57 Å². The second kappa shape index (κ2) is 5.99. The number of benzene rings is 1. The van der Waals surface area contributed by atoms with Gasteiger partial charge in [0.25, 0.3) is 5.79 Å². The van der Waals surface area contributed by atoms with Crippen LogP contribution in [-0.4, -0.2) is 17.7 Å². The third-order valence-corrected chi connectivity index (χ3v) is 3.62. The Labute approximate surface area is 138 Å². The number of carbonyl (C=O) groups is 2. The highest BCUT2D eigenvalue weighted by molar-refractivity contribution is 9.08. The Morgan fingerprint density at radius 1 is 1.17 bits per heavy atom. The lowest BCUT2D eigenvalue weighted by molar-refractivity contribution is -0.222. The van der Waals surface area contributed by atoms with Crippen LogP contribution in [0.2, 0.25) is 0 Å². The van der Waals surface area contributed by atoms with Crippen molar-refractivity contribution in [3.05, 3.63) is 40.5 Å². The predicted octanol–water partition coefficient (Wildman–Crippen LogP) is 3.82. The average molecular weight is 393 g/mol. The maximum Gasteiger partial charge on any atom is 0.416 e. The number of halogens is 4. The van der Waals surface area contributed by atoms with E-state index in [1.54, 1.807) is 0 Å². The van der Waals surface area contributed by atoms with Crippen molar-refractivity contribution in [2.45, 2.75) is 31.1 Å². The Balaban J connectivity index is 2.44. The van der Waals surface area contributed by atoms with Crippen LogP contribution in [0.5, 0.6) is 0 Å². The Hall–Kier alpha value is -1.83. The Kier molecular flexibility index (Phi) is 4.57. The number of rotatable bonds is 2. The van der Waals surface area contributed by atoms with E-state index >= 15 is 0 Å². The number of ether oxygens (including phenoxy) is 2. The maximum atomic E-state index is 13.0. The molecular formula is C15H12BrF3O4. The normalized spacial score (nSPS) is 17.6. The van der Waals surface area contributed by atoms with E-state index in [2.05, 4.69) is 15.9 Å². The second-order valence-electron chi connectivity index (χ2n) is 5.28. The van der Waals surface area contributed by atoms with E-state index in [0.29, 0.717) is 0 Å². The van der Waals surface area contributed by atoms with E-state index in [4.69, 9.17) is 9.47 Å². The quantitative estimate of drug-likeness (QED) is 0.332. The van der Waals surface area contributed by atoms with E-state index in [-0.39, 0.29) is 16.5 Å². The first-order valence-electron chi connectivity index (χ1n) is 6.48. The van der Waals surface area contributed by atoms with Gasteiger partial charge in [0.15, 0.2) is 0 Å². The van der Waals surface area contributed by atoms with Crippen molar-refractivity contribution < 1.29 is 32.2 Å². The van der Waals surface area contributed by atoms with Gasteiger partial charge in [-0.3, -0.25) is 0 Å². The third-order valence-electron chi connectivity index (χ3n) is 3.01. The highest BCUT2D eigenvalue weighted by atomic mass is 79.9. The van der Waals surface area contributed by atoms with Crippen molar-refractivity contribution in [3.8, 4) is 0 Å².